The third-order valence-corrected chi connectivity index (χ3v) is 5.14. The molecule has 106 valence electrons. The zero-order chi connectivity index (χ0) is 13.4. The average Bonchev–Trinajstić information content (AvgIpc) is 2.26. The summed E-state index contributed by atoms with van der Waals surface area (Å²) in [5.41, 5.74) is 7.00. The highest BCUT2D eigenvalue weighted by atomic mass is 15.2. The Morgan fingerprint density at radius 2 is 1.89 bits per heavy atom. The van der Waals surface area contributed by atoms with Gasteiger partial charge >= 0.3 is 0 Å². The first-order valence-electron chi connectivity index (χ1n) is 7.82. The second kappa shape index (κ2) is 5.13. The van der Waals surface area contributed by atoms with E-state index in [0.717, 1.165) is 18.4 Å². The smallest absolute Gasteiger partial charge is 0.0339 e. The van der Waals surface area contributed by atoms with Crippen LogP contribution < -0.4 is 5.73 Å². The van der Waals surface area contributed by atoms with Crippen molar-refractivity contribution in [1.29, 1.82) is 0 Å². The van der Waals surface area contributed by atoms with Gasteiger partial charge in [-0.2, -0.15) is 0 Å². The summed E-state index contributed by atoms with van der Waals surface area (Å²) in [6.07, 6.45) is 6.71. The molecule has 3 unspecified atom stereocenters. The summed E-state index contributed by atoms with van der Waals surface area (Å²) in [5.74, 6) is 1.66. The van der Waals surface area contributed by atoms with Gasteiger partial charge in [-0.05, 0) is 55.9 Å². The van der Waals surface area contributed by atoms with Crippen LogP contribution in [-0.4, -0.2) is 30.1 Å². The predicted octanol–water partition coefficient (Wildman–Crippen LogP) is 3.26. The molecule has 1 heterocycles. The highest BCUT2D eigenvalue weighted by molar-refractivity contribution is 5.02. The number of likely N-dealkylation sites (tertiary alicyclic amines) is 1. The van der Waals surface area contributed by atoms with Crippen molar-refractivity contribution < 1.29 is 0 Å². The van der Waals surface area contributed by atoms with E-state index < -0.39 is 0 Å². The van der Waals surface area contributed by atoms with Gasteiger partial charge in [0.05, 0.1) is 0 Å². The minimum atomic E-state index is 0.288. The van der Waals surface area contributed by atoms with Gasteiger partial charge in [-0.15, -0.1) is 0 Å². The molecule has 18 heavy (non-hydrogen) atoms. The minimum absolute atomic E-state index is 0.288. The molecule has 2 N–H and O–H groups in total. The Morgan fingerprint density at radius 3 is 2.44 bits per heavy atom. The SMILES string of the molecule is CC1CCCN(C2(CN)CC(C)CC(C)(C)C2)C1. The molecule has 0 spiro atoms. The van der Waals surface area contributed by atoms with Crippen molar-refractivity contribution in [3.8, 4) is 0 Å². The fraction of sp³-hybridized carbons (Fsp3) is 1.00. The molecule has 0 aromatic heterocycles. The van der Waals surface area contributed by atoms with Crippen LogP contribution in [0.4, 0.5) is 0 Å². The lowest BCUT2D eigenvalue weighted by atomic mass is 9.63. The zero-order valence-electron chi connectivity index (χ0n) is 12.8. The van der Waals surface area contributed by atoms with E-state index in [1.54, 1.807) is 0 Å². The highest BCUT2D eigenvalue weighted by Gasteiger charge is 2.46. The van der Waals surface area contributed by atoms with Gasteiger partial charge in [0, 0.05) is 18.6 Å². The van der Waals surface area contributed by atoms with Crippen LogP contribution in [0.15, 0.2) is 0 Å². The summed E-state index contributed by atoms with van der Waals surface area (Å²) in [4.78, 5) is 2.75. The van der Waals surface area contributed by atoms with Crippen LogP contribution in [0.2, 0.25) is 0 Å². The number of rotatable bonds is 2. The van der Waals surface area contributed by atoms with Crippen molar-refractivity contribution in [2.75, 3.05) is 19.6 Å². The summed E-state index contributed by atoms with van der Waals surface area (Å²) in [6.45, 7) is 13.0. The van der Waals surface area contributed by atoms with Crippen LogP contribution in [0, 0.1) is 17.3 Å². The molecule has 1 saturated heterocycles. The molecule has 3 atom stereocenters. The largest absolute Gasteiger partial charge is 0.329 e. The van der Waals surface area contributed by atoms with E-state index in [9.17, 15) is 0 Å². The number of piperidine rings is 1. The lowest BCUT2D eigenvalue weighted by molar-refractivity contribution is -0.0310. The highest BCUT2D eigenvalue weighted by Crippen LogP contribution is 2.47. The second-order valence-corrected chi connectivity index (χ2v) is 7.98. The fourth-order valence-electron chi connectivity index (χ4n) is 4.84. The van der Waals surface area contributed by atoms with Crippen LogP contribution in [0.3, 0.4) is 0 Å². The first-order chi connectivity index (χ1) is 8.37. The Balaban J connectivity index is 2.18. The molecule has 1 aliphatic carbocycles. The topological polar surface area (TPSA) is 29.3 Å². The number of nitrogens with zero attached hydrogens (tertiary/aromatic N) is 1. The van der Waals surface area contributed by atoms with Gasteiger partial charge in [-0.3, -0.25) is 4.90 Å². The van der Waals surface area contributed by atoms with Crippen molar-refractivity contribution >= 4 is 0 Å². The number of nitrogens with two attached hydrogens (primary N) is 1. The standard InChI is InChI=1S/C16H32N2/c1-13-6-5-7-18(10-13)16(12-17)9-14(2)8-15(3,4)11-16/h13-14H,5-12,17H2,1-4H3. The van der Waals surface area contributed by atoms with E-state index in [1.807, 2.05) is 0 Å². The quantitative estimate of drug-likeness (QED) is 0.817. The van der Waals surface area contributed by atoms with Gasteiger partial charge in [-0.1, -0.05) is 27.7 Å². The zero-order valence-corrected chi connectivity index (χ0v) is 12.8. The lowest BCUT2D eigenvalue weighted by Gasteiger charge is -2.54. The van der Waals surface area contributed by atoms with E-state index >= 15 is 0 Å². The molecular weight excluding hydrogens is 220 g/mol. The van der Waals surface area contributed by atoms with Crippen molar-refractivity contribution in [2.45, 2.75) is 65.3 Å². The Hall–Kier alpha value is -0.0800. The normalized spacial score (nSPS) is 41.8. The molecular formula is C16H32N2. The first kappa shape index (κ1) is 14.3. The maximum atomic E-state index is 6.26. The molecule has 0 amide bonds. The van der Waals surface area contributed by atoms with E-state index in [0.29, 0.717) is 5.41 Å². The van der Waals surface area contributed by atoms with Crippen LogP contribution >= 0.6 is 0 Å². The summed E-state index contributed by atoms with van der Waals surface area (Å²) in [7, 11) is 0. The molecule has 2 nitrogen and oxygen atoms in total. The Kier molecular flexibility index (Phi) is 4.08. The van der Waals surface area contributed by atoms with Crippen molar-refractivity contribution in [1.82, 2.24) is 4.90 Å². The predicted molar refractivity (Wildman–Crippen MR) is 78.6 cm³/mol. The Bertz CT molecular complexity index is 287. The molecule has 2 heteroatoms. The van der Waals surface area contributed by atoms with Crippen molar-refractivity contribution in [2.24, 2.45) is 23.0 Å². The van der Waals surface area contributed by atoms with Crippen molar-refractivity contribution in [3.05, 3.63) is 0 Å². The van der Waals surface area contributed by atoms with Crippen molar-refractivity contribution in [3.63, 3.8) is 0 Å². The summed E-state index contributed by atoms with van der Waals surface area (Å²) < 4.78 is 0. The maximum Gasteiger partial charge on any atom is 0.0339 e. The molecule has 2 fully saturated rings. The molecule has 1 aliphatic heterocycles. The molecule has 0 bridgehead atoms. The molecule has 0 radical (unpaired) electrons. The van der Waals surface area contributed by atoms with Crippen LogP contribution in [0.1, 0.15) is 59.8 Å². The van der Waals surface area contributed by atoms with Gasteiger partial charge in [0.2, 0.25) is 0 Å². The van der Waals surface area contributed by atoms with Crippen LogP contribution in [0.25, 0.3) is 0 Å². The molecule has 2 rings (SSSR count). The summed E-state index contributed by atoms with van der Waals surface area (Å²) in [6, 6.07) is 0. The maximum absolute atomic E-state index is 6.26. The Labute approximate surface area is 113 Å². The van der Waals surface area contributed by atoms with Gasteiger partial charge in [0.1, 0.15) is 0 Å². The van der Waals surface area contributed by atoms with Crippen LogP contribution in [-0.2, 0) is 0 Å². The first-order valence-corrected chi connectivity index (χ1v) is 7.82. The second-order valence-electron chi connectivity index (χ2n) is 7.98. The number of hydrogen-bond donors (Lipinski definition) is 1. The molecule has 1 saturated carbocycles. The third-order valence-electron chi connectivity index (χ3n) is 5.14. The molecule has 2 aliphatic rings. The van der Waals surface area contributed by atoms with Gasteiger partial charge in [0.25, 0.3) is 0 Å². The average molecular weight is 252 g/mol. The van der Waals surface area contributed by atoms with E-state index in [-0.39, 0.29) is 5.54 Å². The van der Waals surface area contributed by atoms with Gasteiger partial charge in [-0.25, -0.2) is 0 Å². The monoisotopic (exact) mass is 252 g/mol. The fourth-order valence-corrected chi connectivity index (χ4v) is 4.84. The van der Waals surface area contributed by atoms with Crippen LogP contribution in [0.5, 0.6) is 0 Å². The molecule has 0 aromatic carbocycles. The van der Waals surface area contributed by atoms with Gasteiger partial charge in [0.15, 0.2) is 0 Å². The summed E-state index contributed by atoms with van der Waals surface area (Å²) in [5, 5.41) is 0. The lowest BCUT2D eigenvalue weighted by Crippen LogP contribution is -2.61. The molecule has 0 aromatic rings. The Morgan fingerprint density at radius 1 is 1.17 bits per heavy atom. The van der Waals surface area contributed by atoms with E-state index in [4.69, 9.17) is 5.73 Å². The third kappa shape index (κ3) is 2.91. The minimum Gasteiger partial charge on any atom is -0.329 e. The summed E-state index contributed by atoms with van der Waals surface area (Å²) >= 11 is 0. The van der Waals surface area contributed by atoms with E-state index in [1.165, 1.54) is 45.2 Å². The number of hydrogen-bond acceptors (Lipinski definition) is 2. The van der Waals surface area contributed by atoms with Gasteiger partial charge < -0.3 is 5.73 Å². The van der Waals surface area contributed by atoms with E-state index in [2.05, 4.69) is 32.6 Å².